The normalized spacial score (nSPS) is 15.9. The number of benzene rings is 1. The van der Waals surface area contributed by atoms with Crippen LogP contribution in [0.25, 0.3) is 11.3 Å². The maximum atomic E-state index is 14.1. The molecule has 1 aromatic carbocycles. The van der Waals surface area contributed by atoms with Crippen LogP contribution in [-0.2, 0) is 0 Å². The van der Waals surface area contributed by atoms with Crippen LogP contribution in [0.2, 0.25) is 5.02 Å². The van der Waals surface area contributed by atoms with E-state index in [9.17, 15) is 13.2 Å². The van der Waals surface area contributed by atoms with Crippen molar-refractivity contribution in [1.82, 2.24) is 4.98 Å². The molecule has 6 heteroatoms. The van der Waals surface area contributed by atoms with E-state index in [0.717, 1.165) is 18.9 Å². The third kappa shape index (κ3) is 2.83. The molecule has 1 heterocycles. The van der Waals surface area contributed by atoms with Gasteiger partial charge in [0.25, 0.3) is 0 Å². The second kappa shape index (κ2) is 5.89. The molecule has 0 spiro atoms. The molecule has 2 N–H and O–H groups in total. The van der Waals surface area contributed by atoms with Crippen molar-refractivity contribution in [2.24, 2.45) is 11.7 Å². The Labute approximate surface area is 131 Å². The molecule has 2 nitrogen and oxygen atoms in total. The summed E-state index contributed by atoms with van der Waals surface area (Å²) in [5, 5.41) is -0.277. The second-order valence-corrected chi connectivity index (χ2v) is 5.90. The van der Waals surface area contributed by atoms with Crippen molar-refractivity contribution in [2.75, 3.05) is 6.54 Å². The number of nitrogens with zero attached hydrogens (tertiary/aromatic N) is 1. The van der Waals surface area contributed by atoms with Crippen LogP contribution in [0.3, 0.4) is 0 Å². The number of nitrogens with two attached hydrogens (primary N) is 1. The van der Waals surface area contributed by atoms with Crippen LogP contribution in [0, 0.1) is 23.4 Å². The molecule has 0 aliphatic heterocycles. The minimum absolute atomic E-state index is 0.0262. The van der Waals surface area contributed by atoms with E-state index in [0.29, 0.717) is 24.2 Å². The molecule has 0 saturated heterocycles. The van der Waals surface area contributed by atoms with Gasteiger partial charge in [0.05, 0.1) is 5.02 Å². The summed E-state index contributed by atoms with van der Waals surface area (Å²) in [5.41, 5.74) is 6.07. The van der Waals surface area contributed by atoms with Gasteiger partial charge in [-0.15, -0.1) is 0 Å². The SMILES string of the molecule is NC[C@H](c1ccc(F)c(-c2cc(Cl)c(F)cc2F)n1)C1CC1. The van der Waals surface area contributed by atoms with E-state index < -0.39 is 17.5 Å². The summed E-state index contributed by atoms with van der Waals surface area (Å²) in [5.74, 6) is -2.01. The van der Waals surface area contributed by atoms with Crippen LogP contribution in [0.15, 0.2) is 24.3 Å². The van der Waals surface area contributed by atoms with Crippen molar-refractivity contribution < 1.29 is 13.2 Å². The van der Waals surface area contributed by atoms with E-state index in [1.165, 1.54) is 6.07 Å². The first-order chi connectivity index (χ1) is 10.5. The summed E-state index contributed by atoms with van der Waals surface area (Å²) in [4.78, 5) is 4.23. The van der Waals surface area contributed by atoms with Crippen molar-refractivity contribution in [3.63, 3.8) is 0 Å². The molecular formula is C16H14ClF3N2. The molecular weight excluding hydrogens is 313 g/mol. The quantitative estimate of drug-likeness (QED) is 0.852. The fourth-order valence-electron chi connectivity index (χ4n) is 2.61. The summed E-state index contributed by atoms with van der Waals surface area (Å²) >= 11 is 5.67. The van der Waals surface area contributed by atoms with Crippen LogP contribution in [0.1, 0.15) is 24.5 Å². The molecule has 116 valence electrons. The number of hydrogen-bond acceptors (Lipinski definition) is 2. The standard InChI is InChI=1S/C16H14ClF3N2/c17-11-5-9(13(19)6-14(11)20)16-12(18)3-4-15(22-16)10(7-21)8-1-2-8/h3-6,8,10H,1-2,7,21H2/t10-/m0/s1. The third-order valence-electron chi connectivity index (χ3n) is 3.96. The van der Waals surface area contributed by atoms with Gasteiger partial charge in [0.15, 0.2) is 0 Å². The van der Waals surface area contributed by atoms with Crippen molar-refractivity contribution in [2.45, 2.75) is 18.8 Å². The number of pyridine rings is 1. The van der Waals surface area contributed by atoms with Gasteiger partial charge < -0.3 is 5.73 Å². The fraction of sp³-hybridized carbons (Fsp3) is 0.312. The summed E-state index contributed by atoms with van der Waals surface area (Å²) in [6, 6.07) is 4.49. The molecule has 1 saturated carbocycles. The maximum Gasteiger partial charge on any atom is 0.149 e. The summed E-state index contributed by atoms with van der Waals surface area (Å²) < 4.78 is 41.3. The molecule has 0 radical (unpaired) electrons. The Morgan fingerprint density at radius 3 is 2.50 bits per heavy atom. The third-order valence-corrected chi connectivity index (χ3v) is 4.25. The molecule has 3 rings (SSSR count). The highest BCUT2D eigenvalue weighted by atomic mass is 35.5. The first-order valence-electron chi connectivity index (χ1n) is 7.02. The summed E-state index contributed by atoms with van der Waals surface area (Å²) in [6.07, 6.45) is 2.12. The zero-order valence-electron chi connectivity index (χ0n) is 11.6. The average molecular weight is 327 g/mol. The molecule has 22 heavy (non-hydrogen) atoms. The number of aromatic nitrogens is 1. The molecule has 2 aromatic rings. The predicted molar refractivity (Wildman–Crippen MR) is 79.1 cm³/mol. The topological polar surface area (TPSA) is 38.9 Å². The summed E-state index contributed by atoms with van der Waals surface area (Å²) in [6.45, 7) is 0.398. The lowest BCUT2D eigenvalue weighted by Crippen LogP contribution is -2.16. The van der Waals surface area contributed by atoms with Gasteiger partial charge in [0.2, 0.25) is 0 Å². The zero-order valence-corrected chi connectivity index (χ0v) is 12.4. The molecule has 1 aliphatic rings. The minimum Gasteiger partial charge on any atom is -0.330 e. The van der Waals surface area contributed by atoms with Crippen LogP contribution in [0.5, 0.6) is 0 Å². The van der Waals surface area contributed by atoms with Gasteiger partial charge in [-0.25, -0.2) is 18.2 Å². The zero-order chi connectivity index (χ0) is 15.9. The fourth-order valence-corrected chi connectivity index (χ4v) is 2.77. The second-order valence-electron chi connectivity index (χ2n) is 5.49. The van der Waals surface area contributed by atoms with Gasteiger partial charge >= 0.3 is 0 Å². The van der Waals surface area contributed by atoms with E-state index in [1.54, 1.807) is 6.07 Å². The maximum absolute atomic E-state index is 14.1. The monoisotopic (exact) mass is 326 g/mol. The lowest BCUT2D eigenvalue weighted by Gasteiger charge is -2.15. The van der Waals surface area contributed by atoms with E-state index in [1.807, 2.05) is 0 Å². The van der Waals surface area contributed by atoms with E-state index in [2.05, 4.69) is 4.98 Å². The number of hydrogen-bond donors (Lipinski definition) is 1. The Morgan fingerprint density at radius 2 is 1.86 bits per heavy atom. The highest BCUT2D eigenvalue weighted by Crippen LogP contribution is 2.42. The van der Waals surface area contributed by atoms with Crippen molar-refractivity contribution in [3.05, 3.63) is 52.4 Å². The molecule has 1 aliphatic carbocycles. The van der Waals surface area contributed by atoms with Gasteiger partial charge in [-0.2, -0.15) is 0 Å². The molecule has 1 aromatic heterocycles. The lowest BCUT2D eigenvalue weighted by molar-refractivity contribution is 0.574. The van der Waals surface area contributed by atoms with Crippen molar-refractivity contribution in [3.8, 4) is 11.3 Å². The first kappa shape index (κ1) is 15.3. The Kier molecular flexibility index (Phi) is 4.10. The Bertz CT molecular complexity index is 717. The molecule has 1 fully saturated rings. The van der Waals surface area contributed by atoms with Gasteiger partial charge in [-0.3, -0.25) is 0 Å². The van der Waals surface area contributed by atoms with Crippen LogP contribution >= 0.6 is 11.6 Å². The van der Waals surface area contributed by atoms with E-state index >= 15 is 0 Å². The number of rotatable bonds is 4. The molecule has 0 bridgehead atoms. The minimum atomic E-state index is -0.902. The number of halogens is 4. The van der Waals surface area contributed by atoms with Crippen molar-refractivity contribution in [1.29, 1.82) is 0 Å². The van der Waals surface area contributed by atoms with Gasteiger partial charge in [0.1, 0.15) is 23.1 Å². The van der Waals surface area contributed by atoms with E-state index in [-0.39, 0.29) is 22.2 Å². The molecule has 0 unspecified atom stereocenters. The van der Waals surface area contributed by atoms with Crippen LogP contribution in [-0.4, -0.2) is 11.5 Å². The highest BCUT2D eigenvalue weighted by Gasteiger charge is 2.32. The Morgan fingerprint density at radius 1 is 1.14 bits per heavy atom. The van der Waals surface area contributed by atoms with Gasteiger partial charge in [0, 0.05) is 29.8 Å². The molecule has 1 atom stereocenters. The Balaban J connectivity index is 2.08. The van der Waals surface area contributed by atoms with E-state index in [4.69, 9.17) is 17.3 Å². The van der Waals surface area contributed by atoms with Gasteiger partial charge in [-0.05, 0) is 37.0 Å². The van der Waals surface area contributed by atoms with Crippen LogP contribution < -0.4 is 5.73 Å². The highest BCUT2D eigenvalue weighted by molar-refractivity contribution is 6.31. The smallest absolute Gasteiger partial charge is 0.149 e. The predicted octanol–water partition coefficient (Wildman–Crippen LogP) is 4.27. The van der Waals surface area contributed by atoms with Crippen LogP contribution in [0.4, 0.5) is 13.2 Å². The largest absolute Gasteiger partial charge is 0.330 e. The summed E-state index contributed by atoms with van der Waals surface area (Å²) in [7, 11) is 0. The lowest BCUT2D eigenvalue weighted by atomic mass is 9.98. The van der Waals surface area contributed by atoms with Crippen molar-refractivity contribution >= 4 is 11.6 Å². The van der Waals surface area contributed by atoms with Gasteiger partial charge in [-0.1, -0.05) is 11.6 Å². The average Bonchev–Trinajstić information content (AvgIpc) is 3.30. The Hall–Kier alpha value is -1.59. The molecule has 0 amide bonds. The first-order valence-corrected chi connectivity index (χ1v) is 7.40.